The van der Waals surface area contributed by atoms with E-state index in [-0.39, 0.29) is 5.91 Å². The highest BCUT2D eigenvalue weighted by atomic mass is 16.2. The van der Waals surface area contributed by atoms with Crippen LogP contribution in [0.5, 0.6) is 0 Å². The summed E-state index contributed by atoms with van der Waals surface area (Å²) < 4.78 is 0. The number of hydrogen-bond acceptors (Lipinski definition) is 3. The maximum absolute atomic E-state index is 11.1. The van der Waals surface area contributed by atoms with Gasteiger partial charge < -0.3 is 15.2 Å². The second-order valence-electron chi connectivity index (χ2n) is 2.46. The molecule has 0 atom stereocenters. The summed E-state index contributed by atoms with van der Waals surface area (Å²) in [7, 11) is 1.87. The number of anilines is 1. The van der Waals surface area contributed by atoms with E-state index in [9.17, 15) is 4.79 Å². The molecule has 5 nitrogen and oxygen atoms in total. The molecule has 58 valence electrons. The molecule has 0 spiro atoms. The van der Waals surface area contributed by atoms with Crippen LogP contribution in [-0.4, -0.2) is 29.6 Å². The Balaban J connectivity index is 2.51. The predicted molar refractivity (Wildman–Crippen MR) is 39.3 cm³/mol. The van der Waals surface area contributed by atoms with E-state index in [1.54, 1.807) is 0 Å². The van der Waals surface area contributed by atoms with Crippen molar-refractivity contribution in [2.75, 3.05) is 18.6 Å². The fraction of sp³-hybridized carbons (Fsp3) is 0.333. The van der Waals surface area contributed by atoms with Gasteiger partial charge in [-0.05, 0) is 0 Å². The average molecular weight is 152 g/mol. The Kier molecular flexibility index (Phi) is 1.12. The minimum Gasteiger partial charge on any atom is -0.340 e. The third-order valence-electron chi connectivity index (χ3n) is 1.68. The first-order valence-corrected chi connectivity index (χ1v) is 3.32. The number of rotatable bonds is 0. The third kappa shape index (κ3) is 0.772. The number of hydrogen-bond donors (Lipinski definition) is 2. The van der Waals surface area contributed by atoms with Crippen molar-refractivity contribution >= 4 is 11.7 Å². The quantitative estimate of drug-likeness (QED) is 0.529. The van der Waals surface area contributed by atoms with Gasteiger partial charge >= 0.3 is 0 Å². The van der Waals surface area contributed by atoms with E-state index in [2.05, 4.69) is 15.3 Å². The van der Waals surface area contributed by atoms with Gasteiger partial charge in [-0.3, -0.25) is 4.79 Å². The molecule has 0 unspecified atom stereocenters. The molecule has 1 amide bonds. The first-order valence-electron chi connectivity index (χ1n) is 3.32. The Labute approximate surface area is 63.4 Å². The van der Waals surface area contributed by atoms with Crippen molar-refractivity contribution in [1.29, 1.82) is 0 Å². The molecule has 0 aromatic carbocycles. The van der Waals surface area contributed by atoms with Gasteiger partial charge in [0.1, 0.15) is 5.69 Å². The topological polar surface area (TPSA) is 61.0 Å². The Morgan fingerprint density at radius 3 is 3.27 bits per heavy atom. The average Bonchev–Trinajstić information content (AvgIpc) is 2.45. The van der Waals surface area contributed by atoms with Gasteiger partial charge in [0.15, 0.2) is 5.82 Å². The van der Waals surface area contributed by atoms with Crippen LogP contribution in [0, 0.1) is 0 Å². The maximum Gasteiger partial charge on any atom is 0.272 e. The number of imidazole rings is 1. The zero-order chi connectivity index (χ0) is 7.84. The van der Waals surface area contributed by atoms with Crippen molar-refractivity contribution < 1.29 is 4.79 Å². The molecular weight excluding hydrogens is 144 g/mol. The lowest BCUT2D eigenvalue weighted by Crippen LogP contribution is -2.41. The summed E-state index contributed by atoms with van der Waals surface area (Å²) in [4.78, 5) is 19.7. The first-order chi connectivity index (χ1) is 5.29. The molecule has 2 N–H and O–H groups in total. The Hall–Kier alpha value is -1.52. The van der Waals surface area contributed by atoms with Crippen molar-refractivity contribution in [3.8, 4) is 0 Å². The van der Waals surface area contributed by atoms with Gasteiger partial charge in [-0.2, -0.15) is 0 Å². The van der Waals surface area contributed by atoms with E-state index >= 15 is 0 Å². The molecule has 1 aliphatic heterocycles. The molecule has 0 saturated carbocycles. The lowest BCUT2D eigenvalue weighted by atomic mass is 10.3. The highest BCUT2D eigenvalue weighted by Gasteiger charge is 2.21. The number of nitrogens with zero attached hydrogens (tertiary/aromatic N) is 2. The molecule has 2 rings (SSSR count). The van der Waals surface area contributed by atoms with Crippen LogP contribution in [0.15, 0.2) is 6.33 Å². The molecule has 2 heterocycles. The number of nitrogens with one attached hydrogen (secondary N) is 2. The second-order valence-corrected chi connectivity index (χ2v) is 2.46. The lowest BCUT2D eigenvalue weighted by molar-refractivity contribution is 0.0944. The zero-order valence-corrected chi connectivity index (χ0v) is 6.09. The number of fused-ring (bicyclic) bond motifs is 1. The molecule has 0 bridgehead atoms. The molecule has 0 fully saturated rings. The smallest absolute Gasteiger partial charge is 0.272 e. The van der Waals surface area contributed by atoms with Gasteiger partial charge in [-0.25, -0.2) is 4.98 Å². The molecule has 5 heteroatoms. The van der Waals surface area contributed by atoms with E-state index in [4.69, 9.17) is 0 Å². The third-order valence-corrected chi connectivity index (χ3v) is 1.68. The van der Waals surface area contributed by atoms with Gasteiger partial charge in [0, 0.05) is 7.05 Å². The zero-order valence-electron chi connectivity index (χ0n) is 6.09. The molecule has 1 aliphatic rings. The van der Waals surface area contributed by atoms with Crippen LogP contribution in [0.2, 0.25) is 0 Å². The Bertz CT molecular complexity index is 293. The summed E-state index contributed by atoms with van der Waals surface area (Å²) in [5, 5.41) is 2.69. The van der Waals surface area contributed by atoms with Crippen LogP contribution in [0.4, 0.5) is 5.82 Å². The van der Waals surface area contributed by atoms with E-state index in [0.717, 1.165) is 0 Å². The van der Waals surface area contributed by atoms with Gasteiger partial charge in [-0.1, -0.05) is 0 Å². The van der Waals surface area contributed by atoms with Crippen LogP contribution >= 0.6 is 0 Å². The Morgan fingerprint density at radius 2 is 2.55 bits per heavy atom. The van der Waals surface area contributed by atoms with E-state index in [1.807, 2.05) is 11.9 Å². The maximum atomic E-state index is 11.1. The molecule has 0 saturated heterocycles. The Morgan fingerprint density at radius 1 is 1.73 bits per heavy atom. The molecule has 0 aliphatic carbocycles. The highest BCUT2D eigenvalue weighted by Crippen LogP contribution is 2.16. The van der Waals surface area contributed by atoms with Crippen molar-refractivity contribution in [3.05, 3.63) is 12.0 Å². The molecule has 0 radical (unpaired) electrons. The number of aromatic amines is 1. The summed E-state index contributed by atoms with van der Waals surface area (Å²) in [6.07, 6.45) is 1.52. The van der Waals surface area contributed by atoms with Crippen LogP contribution in [0.1, 0.15) is 10.5 Å². The van der Waals surface area contributed by atoms with Gasteiger partial charge in [0.2, 0.25) is 0 Å². The summed E-state index contributed by atoms with van der Waals surface area (Å²) in [6, 6.07) is 0. The fourth-order valence-electron chi connectivity index (χ4n) is 1.10. The minimum atomic E-state index is -0.0874. The van der Waals surface area contributed by atoms with Gasteiger partial charge in [0.25, 0.3) is 5.91 Å². The van der Waals surface area contributed by atoms with Crippen LogP contribution in [0.3, 0.4) is 0 Å². The molecule has 1 aromatic rings. The highest BCUT2D eigenvalue weighted by molar-refractivity contribution is 5.98. The van der Waals surface area contributed by atoms with Crippen molar-refractivity contribution in [1.82, 2.24) is 15.3 Å². The van der Waals surface area contributed by atoms with Crippen LogP contribution in [0.25, 0.3) is 0 Å². The molecular formula is C6H8N4O. The lowest BCUT2D eigenvalue weighted by Gasteiger charge is -2.22. The number of aromatic nitrogens is 2. The summed E-state index contributed by atoms with van der Waals surface area (Å²) >= 11 is 0. The predicted octanol–water partition coefficient (Wildman–Crippen LogP) is -0.453. The molecule has 1 aromatic heterocycles. The monoisotopic (exact) mass is 152 g/mol. The number of carbonyl (C=O) groups excluding carboxylic acids is 1. The fourth-order valence-corrected chi connectivity index (χ4v) is 1.10. The standard InChI is InChI=1S/C6H8N4O/c1-10-3-9-6(11)4-5(10)8-2-7-4/h2H,3H2,1H3,(H,7,8)(H,9,11). The molecule has 11 heavy (non-hydrogen) atoms. The second kappa shape index (κ2) is 1.98. The van der Waals surface area contributed by atoms with E-state index in [1.165, 1.54) is 6.33 Å². The minimum absolute atomic E-state index is 0.0874. The summed E-state index contributed by atoms with van der Waals surface area (Å²) in [5.41, 5.74) is 0.541. The largest absolute Gasteiger partial charge is 0.340 e. The normalized spacial score (nSPS) is 16.1. The van der Waals surface area contributed by atoms with Crippen molar-refractivity contribution in [2.24, 2.45) is 0 Å². The van der Waals surface area contributed by atoms with Crippen LogP contribution < -0.4 is 10.2 Å². The number of carbonyl (C=O) groups is 1. The summed E-state index contributed by atoms with van der Waals surface area (Å²) in [6.45, 7) is 0.524. The summed E-state index contributed by atoms with van der Waals surface area (Å²) in [5.74, 6) is 0.629. The van der Waals surface area contributed by atoms with Gasteiger partial charge in [0.05, 0.1) is 13.0 Å². The number of amides is 1. The number of H-pyrrole nitrogens is 1. The van der Waals surface area contributed by atoms with Crippen LogP contribution in [-0.2, 0) is 0 Å². The van der Waals surface area contributed by atoms with Crippen molar-refractivity contribution in [2.45, 2.75) is 0 Å². The van der Waals surface area contributed by atoms with Gasteiger partial charge in [-0.15, -0.1) is 0 Å². The van der Waals surface area contributed by atoms with E-state index in [0.29, 0.717) is 18.2 Å². The van der Waals surface area contributed by atoms with Crippen molar-refractivity contribution in [3.63, 3.8) is 0 Å². The van der Waals surface area contributed by atoms with E-state index < -0.39 is 0 Å². The first kappa shape index (κ1) is 6.21. The SMILES string of the molecule is CN1CNC(=O)c2[nH]cnc21.